The third-order valence-electron chi connectivity index (χ3n) is 3.38. The molecule has 0 amide bonds. The van der Waals surface area contributed by atoms with Crippen molar-refractivity contribution >= 4 is 5.84 Å². The van der Waals surface area contributed by atoms with Crippen LogP contribution in [0.5, 0.6) is 5.75 Å². The highest BCUT2D eigenvalue weighted by Crippen LogP contribution is 2.23. The van der Waals surface area contributed by atoms with Crippen LogP contribution in [0.4, 0.5) is 0 Å². The molecule has 0 aromatic heterocycles. The average Bonchev–Trinajstić information content (AvgIpc) is 2.50. The third kappa shape index (κ3) is 6.99. The standard InChI is InChI=1S/C16H26N2O3/c1-16(2,15(17)18-19)10-6-7-11-20-12-13-21-14-8-4-3-5-9-14/h3-5,8-9,19H,6-7,10-13H2,1-2H3,(H2,17,18). The number of para-hydroxylation sites is 1. The van der Waals surface area contributed by atoms with Crippen LogP contribution in [0.3, 0.4) is 0 Å². The lowest BCUT2D eigenvalue weighted by Crippen LogP contribution is -2.31. The van der Waals surface area contributed by atoms with Crippen molar-refractivity contribution in [3.8, 4) is 5.75 Å². The van der Waals surface area contributed by atoms with Crippen molar-refractivity contribution in [2.24, 2.45) is 16.3 Å². The number of unbranched alkanes of at least 4 members (excludes halogenated alkanes) is 1. The number of hydrogen-bond donors (Lipinski definition) is 2. The molecule has 0 aliphatic rings. The number of ether oxygens (including phenoxy) is 2. The minimum atomic E-state index is -0.273. The molecule has 5 heteroatoms. The van der Waals surface area contributed by atoms with Gasteiger partial charge in [0.15, 0.2) is 0 Å². The van der Waals surface area contributed by atoms with Crippen molar-refractivity contribution in [3.63, 3.8) is 0 Å². The Bertz CT molecular complexity index is 419. The van der Waals surface area contributed by atoms with Crippen LogP contribution < -0.4 is 10.5 Å². The molecular formula is C16H26N2O3. The van der Waals surface area contributed by atoms with Crippen molar-refractivity contribution in [2.45, 2.75) is 33.1 Å². The molecule has 118 valence electrons. The van der Waals surface area contributed by atoms with Crippen molar-refractivity contribution in [3.05, 3.63) is 30.3 Å². The van der Waals surface area contributed by atoms with E-state index in [1.165, 1.54) is 0 Å². The Balaban J connectivity index is 2.00. The monoisotopic (exact) mass is 294 g/mol. The van der Waals surface area contributed by atoms with Gasteiger partial charge in [0.2, 0.25) is 0 Å². The average molecular weight is 294 g/mol. The van der Waals surface area contributed by atoms with Gasteiger partial charge in [0.05, 0.1) is 6.61 Å². The van der Waals surface area contributed by atoms with Crippen LogP contribution in [0.15, 0.2) is 35.5 Å². The molecule has 0 spiro atoms. The first kappa shape index (κ1) is 17.3. The van der Waals surface area contributed by atoms with Crippen molar-refractivity contribution in [1.29, 1.82) is 0 Å². The SMILES string of the molecule is CC(C)(CCCCOCCOc1ccccc1)/C(N)=N/O. The fourth-order valence-corrected chi connectivity index (χ4v) is 1.87. The first-order valence-electron chi connectivity index (χ1n) is 7.30. The van der Waals surface area contributed by atoms with Gasteiger partial charge in [-0.3, -0.25) is 0 Å². The summed E-state index contributed by atoms with van der Waals surface area (Å²) in [5.41, 5.74) is 5.37. The van der Waals surface area contributed by atoms with E-state index in [2.05, 4.69) is 5.16 Å². The highest BCUT2D eigenvalue weighted by atomic mass is 16.5. The first-order chi connectivity index (χ1) is 10.1. The van der Waals surface area contributed by atoms with Gasteiger partial charge in [-0.1, -0.05) is 43.6 Å². The van der Waals surface area contributed by atoms with Crippen LogP contribution in [0.2, 0.25) is 0 Å². The van der Waals surface area contributed by atoms with E-state index in [4.69, 9.17) is 20.4 Å². The maximum absolute atomic E-state index is 8.69. The van der Waals surface area contributed by atoms with Crippen LogP contribution in [0, 0.1) is 5.41 Å². The summed E-state index contributed by atoms with van der Waals surface area (Å²) in [6, 6.07) is 9.70. The fourth-order valence-electron chi connectivity index (χ4n) is 1.87. The Hall–Kier alpha value is -1.75. The van der Waals surface area contributed by atoms with Gasteiger partial charge in [0, 0.05) is 12.0 Å². The molecule has 0 radical (unpaired) electrons. The lowest BCUT2D eigenvalue weighted by Gasteiger charge is -2.22. The Morgan fingerprint density at radius 2 is 1.86 bits per heavy atom. The van der Waals surface area contributed by atoms with E-state index in [-0.39, 0.29) is 11.3 Å². The minimum Gasteiger partial charge on any atom is -0.491 e. The van der Waals surface area contributed by atoms with Crippen LogP contribution in [0.25, 0.3) is 0 Å². The summed E-state index contributed by atoms with van der Waals surface area (Å²) >= 11 is 0. The molecule has 0 aliphatic heterocycles. The van der Waals surface area contributed by atoms with E-state index in [1.807, 2.05) is 44.2 Å². The molecule has 0 unspecified atom stereocenters. The summed E-state index contributed by atoms with van der Waals surface area (Å²) in [6.07, 6.45) is 2.79. The molecule has 3 N–H and O–H groups in total. The van der Waals surface area contributed by atoms with Crippen LogP contribution in [-0.4, -0.2) is 30.9 Å². The Kier molecular flexibility index (Phi) is 7.61. The molecule has 21 heavy (non-hydrogen) atoms. The fraction of sp³-hybridized carbons (Fsp3) is 0.562. The highest BCUT2D eigenvalue weighted by molar-refractivity contribution is 5.85. The number of hydrogen-bond acceptors (Lipinski definition) is 4. The molecule has 0 aliphatic carbocycles. The normalized spacial score (nSPS) is 12.4. The molecule has 1 aromatic rings. The summed E-state index contributed by atoms with van der Waals surface area (Å²) in [5, 5.41) is 11.8. The van der Waals surface area contributed by atoms with Crippen molar-refractivity contribution in [1.82, 2.24) is 0 Å². The Morgan fingerprint density at radius 3 is 2.52 bits per heavy atom. The van der Waals surface area contributed by atoms with Crippen molar-refractivity contribution in [2.75, 3.05) is 19.8 Å². The summed E-state index contributed by atoms with van der Waals surface area (Å²) in [5.74, 6) is 1.14. The molecular weight excluding hydrogens is 268 g/mol. The molecule has 5 nitrogen and oxygen atoms in total. The number of amidine groups is 1. The van der Waals surface area contributed by atoms with E-state index in [1.54, 1.807) is 0 Å². The van der Waals surface area contributed by atoms with E-state index in [0.717, 1.165) is 25.0 Å². The number of oxime groups is 1. The number of rotatable bonds is 10. The van der Waals surface area contributed by atoms with Gasteiger partial charge < -0.3 is 20.4 Å². The maximum atomic E-state index is 8.69. The van der Waals surface area contributed by atoms with E-state index < -0.39 is 0 Å². The zero-order valence-corrected chi connectivity index (χ0v) is 12.9. The second-order valence-electron chi connectivity index (χ2n) is 5.60. The van der Waals surface area contributed by atoms with E-state index >= 15 is 0 Å². The Labute approximate surface area is 126 Å². The van der Waals surface area contributed by atoms with Gasteiger partial charge in [-0.25, -0.2) is 0 Å². The minimum absolute atomic E-state index is 0.273. The summed E-state index contributed by atoms with van der Waals surface area (Å²) in [7, 11) is 0. The van der Waals surface area contributed by atoms with Crippen LogP contribution in [-0.2, 0) is 4.74 Å². The zero-order valence-electron chi connectivity index (χ0n) is 12.9. The van der Waals surface area contributed by atoms with Crippen molar-refractivity contribution < 1.29 is 14.7 Å². The zero-order chi connectivity index (χ0) is 15.6. The van der Waals surface area contributed by atoms with E-state index in [9.17, 15) is 0 Å². The molecule has 0 saturated carbocycles. The molecule has 0 saturated heterocycles. The smallest absolute Gasteiger partial charge is 0.144 e. The van der Waals surface area contributed by atoms with E-state index in [0.29, 0.717) is 19.8 Å². The van der Waals surface area contributed by atoms with Gasteiger partial charge in [-0.05, 0) is 25.0 Å². The molecule has 0 fully saturated rings. The Morgan fingerprint density at radius 1 is 1.14 bits per heavy atom. The summed E-state index contributed by atoms with van der Waals surface area (Å²) in [4.78, 5) is 0. The van der Waals surface area contributed by atoms with Gasteiger partial charge in [-0.15, -0.1) is 0 Å². The summed E-state index contributed by atoms with van der Waals surface area (Å²) in [6.45, 7) is 5.77. The lowest BCUT2D eigenvalue weighted by atomic mass is 9.86. The van der Waals surface area contributed by atoms with Crippen LogP contribution in [0.1, 0.15) is 33.1 Å². The third-order valence-corrected chi connectivity index (χ3v) is 3.38. The number of benzene rings is 1. The number of nitrogens with two attached hydrogens (primary N) is 1. The van der Waals surface area contributed by atoms with Crippen LogP contribution >= 0.6 is 0 Å². The molecule has 0 bridgehead atoms. The quantitative estimate of drug-likeness (QED) is 0.229. The number of nitrogens with zero attached hydrogens (tertiary/aromatic N) is 1. The largest absolute Gasteiger partial charge is 0.491 e. The second kappa shape index (κ2) is 9.23. The molecule has 1 rings (SSSR count). The lowest BCUT2D eigenvalue weighted by molar-refractivity contribution is 0.0962. The summed E-state index contributed by atoms with van der Waals surface area (Å²) < 4.78 is 11.0. The second-order valence-corrected chi connectivity index (χ2v) is 5.60. The van der Waals surface area contributed by atoms with Gasteiger partial charge >= 0.3 is 0 Å². The molecule has 0 heterocycles. The molecule has 0 atom stereocenters. The molecule has 1 aromatic carbocycles. The topological polar surface area (TPSA) is 77.1 Å². The van der Waals surface area contributed by atoms with Gasteiger partial charge in [-0.2, -0.15) is 0 Å². The maximum Gasteiger partial charge on any atom is 0.144 e. The van der Waals surface area contributed by atoms with Gasteiger partial charge in [0.1, 0.15) is 18.2 Å². The van der Waals surface area contributed by atoms with Gasteiger partial charge in [0.25, 0.3) is 0 Å². The first-order valence-corrected chi connectivity index (χ1v) is 7.30. The highest BCUT2D eigenvalue weighted by Gasteiger charge is 2.22. The predicted octanol–water partition coefficient (Wildman–Crippen LogP) is 3.02. The predicted molar refractivity (Wildman–Crippen MR) is 83.8 cm³/mol.